The second-order valence-corrected chi connectivity index (χ2v) is 7.45. The highest BCUT2D eigenvalue weighted by atomic mass is 79.9. The van der Waals surface area contributed by atoms with E-state index >= 15 is 0 Å². The van der Waals surface area contributed by atoms with E-state index in [1.807, 2.05) is 13.8 Å². The largest absolute Gasteiger partial charge is 0.269 e. The minimum Gasteiger partial charge on any atom is -0.267 e. The van der Waals surface area contributed by atoms with Gasteiger partial charge in [0.2, 0.25) is 0 Å². The minimum absolute atomic E-state index is 0.377. The Kier molecular flexibility index (Phi) is 5.58. The van der Waals surface area contributed by atoms with Crippen molar-refractivity contribution in [3.63, 3.8) is 0 Å². The molecule has 31 heavy (non-hydrogen) atoms. The van der Waals surface area contributed by atoms with E-state index in [9.17, 15) is 9.59 Å². The van der Waals surface area contributed by atoms with Gasteiger partial charge in [0.15, 0.2) is 0 Å². The topological polar surface area (TPSA) is 120 Å². The van der Waals surface area contributed by atoms with Crippen LogP contribution in [0.3, 0.4) is 0 Å². The molecular formula is C20H17BrN8O2. The molecule has 156 valence electrons. The molecule has 2 amide bonds. The van der Waals surface area contributed by atoms with Gasteiger partial charge in [-0.25, -0.2) is 9.36 Å². The van der Waals surface area contributed by atoms with E-state index in [-0.39, 0.29) is 0 Å². The van der Waals surface area contributed by atoms with Crippen LogP contribution in [-0.2, 0) is 0 Å². The van der Waals surface area contributed by atoms with Gasteiger partial charge in [-0.2, -0.15) is 5.10 Å². The van der Waals surface area contributed by atoms with E-state index in [0.717, 1.165) is 21.5 Å². The molecule has 4 aromatic rings. The molecule has 0 aliphatic carbocycles. The van der Waals surface area contributed by atoms with Crippen molar-refractivity contribution in [1.82, 2.24) is 40.8 Å². The van der Waals surface area contributed by atoms with Crippen LogP contribution in [0.2, 0.25) is 0 Å². The van der Waals surface area contributed by atoms with Crippen molar-refractivity contribution >= 4 is 27.7 Å². The van der Waals surface area contributed by atoms with Crippen molar-refractivity contribution < 1.29 is 9.59 Å². The maximum Gasteiger partial charge on any atom is 0.269 e. The van der Waals surface area contributed by atoms with Gasteiger partial charge in [0.25, 0.3) is 11.8 Å². The molecule has 0 aliphatic rings. The van der Waals surface area contributed by atoms with Crippen molar-refractivity contribution in [3.8, 4) is 11.4 Å². The van der Waals surface area contributed by atoms with Gasteiger partial charge in [-0.3, -0.25) is 20.4 Å². The highest BCUT2D eigenvalue weighted by molar-refractivity contribution is 9.10. The third-order valence-corrected chi connectivity index (χ3v) is 5.76. The van der Waals surface area contributed by atoms with E-state index in [4.69, 9.17) is 0 Å². The standard InChI is InChI=1S/C20H17BrN8O2/c1-12-18(21)13(2)29(25-12)17-9-5-15(6-10-17)20(31)24-23-19(30)14-3-7-16(8-4-14)28-11-22-26-27-28/h3-11H,1-2H3,(H,23,30)(H,24,31). The Bertz CT molecular complexity index is 1230. The van der Waals surface area contributed by atoms with E-state index in [2.05, 4.69) is 47.4 Å². The zero-order valence-electron chi connectivity index (χ0n) is 16.6. The molecule has 10 nitrogen and oxygen atoms in total. The van der Waals surface area contributed by atoms with Gasteiger partial charge in [-0.1, -0.05) is 0 Å². The lowest BCUT2D eigenvalue weighted by Crippen LogP contribution is -2.41. The maximum absolute atomic E-state index is 12.4. The highest BCUT2D eigenvalue weighted by Crippen LogP contribution is 2.23. The Hall–Kier alpha value is -3.86. The number of aromatic nitrogens is 6. The van der Waals surface area contributed by atoms with Crippen LogP contribution in [0.25, 0.3) is 11.4 Å². The molecule has 0 saturated heterocycles. The van der Waals surface area contributed by atoms with Crippen LogP contribution in [0.15, 0.2) is 59.3 Å². The van der Waals surface area contributed by atoms with Crippen LogP contribution in [0.1, 0.15) is 32.1 Å². The molecule has 2 aromatic heterocycles. The molecule has 0 aliphatic heterocycles. The van der Waals surface area contributed by atoms with Crippen LogP contribution in [-0.4, -0.2) is 41.8 Å². The molecule has 0 bridgehead atoms. The van der Waals surface area contributed by atoms with Crippen molar-refractivity contribution in [1.29, 1.82) is 0 Å². The molecule has 0 saturated carbocycles. The lowest BCUT2D eigenvalue weighted by molar-refractivity contribution is 0.0846. The molecule has 0 unspecified atom stereocenters. The summed E-state index contributed by atoms with van der Waals surface area (Å²) in [6, 6.07) is 13.5. The first-order valence-corrected chi connectivity index (χ1v) is 9.99. The number of hydrogen-bond acceptors (Lipinski definition) is 6. The van der Waals surface area contributed by atoms with Crippen LogP contribution in [0, 0.1) is 13.8 Å². The number of carbonyl (C=O) groups is 2. The van der Waals surface area contributed by atoms with Gasteiger partial charge in [0, 0.05) is 11.1 Å². The number of hydrogen-bond donors (Lipinski definition) is 2. The van der Waals surface area contributed by atoms with Crippen molar-refractivity contribution in [2.24, 2.45) is 0 Å². The number of halogens is 1. The molecule has 2 N–H and O–H groups in total. The number of amides is 2. The summed E-state index contributed by atoms with van der Waals surface area (Å²) in [4.78, 5) is 24.7. The molecule has 0 fully saturated rings. The number of benzene rings is 2. The summed E-state index contributed by atoms with van der Waals surface area (Å²) < 4.78 is 4.21. The van der Waals surface area contributed by atoms with Gasteiger partial charge in [-0.15, -0.1) is 5.10 Å². The Morgan fingerprint density at radius 3 is 1.87 bits per heavy atom. The summed E-state index contributed by atoms with van der Waals surface area (Å²) in [7, 11) is 0. The fourth-order valence-electron chi connectivity index (χ4n) is 2.93. The van der Waals surface area contributed by atoms with Gasteiger partial charge < -0.3 is 0 Å². The third-order valence-electron chi connectivity index (χ3n) is 4.61. The van der Waals surface area contributed by atoms with Crippen molar-refractivity contribution in [3.05, 3.63) is 81.8 Å². The first-order valence-electron chi connectivity index (χ1n) is 9.20. The molecule has 2 aromatic carbocycles. The summed E-state index contributed by atoms with van der Waals surface area (Å²) >= 11 is 3.50. The molecule has 11 heteroatoms. The van der Waals surface area contributed by atoms with Crippen molar-refractivity contribution in [2.45, 2.75) is 13.8 Å². The normalized spacial score (nSPS) is 10.7. The fourth-order valence-corrected chi connectivity index (χ4v) is 3.18. The SMILES string of the molecule is Cc1nn(-c2ccc(C(=O)NNC(=O)c3ccc(-n4cnnn4)cc3)cc2)c(C)c1Br. The molecule has 0 spiro atoms. The Labute approximate surface area is 185 Å². The average molecular weight is 481 g/mol. The second-order valence-electron chi connectivity index (χ2n) is 6.65. The fraction of sp³-hybridized carbons (Fsp3) is 0.100. The highest BCUT2D eigenvalue weighted by Gasteiger charge is 2.12. The van der Waals surface area contributed by atoms with Gasteiger partial charge in [0.1, 0.15) is 6.33 Å². The lowest BCUT2D eigenvalue weighted by atomic mass is 10.2. The zero-order valence-corrected chi connectivity index (χ0v) is 18.2. The number of rotatable bonds is 4. The molecule has 0 radical (unpaired) electrons. The first-order chi connectivity index (χ1) is 14.9. The predicted molar refractivity (Wildman–Crippen MR) is 115 cm³/mol. The minimum atomic E-state index is -0.444. The number of carbonyl (C=O) groups excluding carboxylic acids is 2. The van der Waals surface area contributed by atoms with E-state index in [1.54, 1.807) is 53.2 Å². The maximum atomic E-state index is 12.4. The Morgan fingerprint density at radius 1 is 0.871 bits per heavy atom. The van der Waals surface area contributed by atoms with E-state index < -0.39 is 11.8 Å². The summed E-state index contributed by atoms with van der Waals surface area (Å²) in [5.74, 6) is -0.875. The van der Waals surface area contributed by atoms with E-state index in [1.165, 1.54) is 11.0 Å². The zero-order chi connectivity index (χ0) is 22.0. The summed E-state index contributed by atoms with van der Waals surface area (Å²) in [6.07, 6.45) is 1.45. The summed E-state index contributed by atoms with van der Waals surface area (Å²) in [5, 5.41) is 15.4. The third kappa shape index (κ3) is 4.21. The Balaban J connectivity index is 1.38. The van der Waals surface area contributed by atoms with Gasteiger partial charge >= 0.3 is 0 Å². The lowest BCUT2D eigenvalue weighted by Gasteiger charge is -2.09. The summed E-state index contributed by atoms with van der Waals surface area (Å²) in [6.45, 7) is 3.87. The number of aryl methyl sites for hydroxylation is 1. The van der Waals surface area contributed by atoms with Gasteiger partial charge in [0.05, 0.1) is 27.2 Å². The molecule has 2 heterocycles. The smallest absolute Gasteiger partial charge is 0.267 e. The number of hydrazine groups is 1. The van der Waals surface area contributed by atoms with Crippen LogP contribution in [0.5, 0.6) is 0 Å². The number of tetrazole rings is 1. The average Bonchev–Trinajstić information content (AvgIpc) is 3.42. The molecule has 0 atom stereocenters. The molecular weight excluding hydrogens is 464 g/mol. The van der Waals surface area contributed by atoms with Crippen LogP contribution < -0.4 is 10.9 Å². The quantitative estimate of drug-likeness (QED) is 0.432. The first kappa shape index (κ1) is 20.4. The van der Waals surface area contributed by atoms with Gasteiger partial charge in [-0.05, 0) is 88.7 Å². The van der Waals surface area contributed by atoms with Crippen molar-refractivity contribution in [2.75, 3.05) is 0 Å². The number of nitrogens with zero attached hydrogens (tertiary/aromatic N) is 6. The Morgan fingerprint density at radius 2 is 1.42 bits per heavy atom. The summed E-state index contributed by atoms with van der Waals surface area (Å²) in [5.41, 5.74) is 8.99. The van der Waals surface area contributed by atoms with Crippen LogP contribution >= 0.6 is 15.9 Å². The predicted octanol–water partition coefficient (Wildman–Crippen LogP) is 2.30. The van der Waals surface area contributed by atoms with Crippen LogP contribution in [0.4, 0.5) is 0 Å². The second kappa shape index (κ2) is 8.48. The number of nitrogens with one attached hydrogen (secondary N) is 2. The molecule has 4 rings (SSSR count). The monoisotopic (exact) mass is 480 g/mol. The van der Waals surface area contributed by atoms with E-state index in [0.29, 0.717) is 16.8 Å².